The van der Waals surface area contributed by atoms with Crippen molar-refractivity contribution in [2.45, 2.75) is 170 Å². The van der Waals surface area contributed by atoms with Crippen molar-refractivity contribution in [1.82, 2.24) is 46.2 Å². The molecular formula is C91H139ClN10O35S. The Morgan fingerprint density at radius 1 is 0.674 bits per heavy atom. The van der Waals surface area contributed by atoms with Crippen molar-refractivity contribution in [3.05, 3.63) is 58.7 Å². The molecule has 4 saturated heterocycles. The number of hydrogen-bond donors (Lipinski definition) is 8. The SMILES string of the molecule is COc1cc2cc(c1Cl)N(C)C(=O)C[C@H](OC(=O)[C@H](C)N(C)C(=O)CCSC1CC(=O)N(CC(=O)NC(CNC(=O)CCOCCOCCOCCOCCOCCOCCC(=O)NC3CC(C(=O)NCCOCCOCCOCCOCCOCCOCCOCCO)N(C(=O)CCCCCN4C(=O)C=CC4=O)C3)C(=O)O)C1=O)[C@]1(C)O[C@H]1[C@H](C)[C@@H]1C[C@@](O)(NC(=O)O1)[C@H](OC)/C=C/C=C(\C)C2. The van der Waals surface area contributed by atoms with Gasteiger partial charge in [-0.3, -0.25) is 67.9 Å². The molecule has 138 heavy (non-hydrogen) atoms. The van der Waals surface area contributed by atoms with E-state index in [0.717, 1.165) is 32.7 Å². The number of carboxylic acid groups (broad SMARTS) is 1. The zero-order chi connectivity index (χ0) is 100. The van der Waals surface area contributed by atoms with E-state index in [0.29, 0.717) is 109 Å². The zero-order valence-corrected chi connectivity index (χ0v) is 81.6. The smallest absolute Gasteiger partial charge is 0.409 e. The Balaban J connectivity index is 0.687. The Hall–Kier alpha value is -9.02. The molecule has 6 aliphatic heterocycles. The monoisotopic (exact) mass is 2000 g/mol. The first-order valence-corrected chi connectivity index (χ1v) is 47.9. The van der Waals surface area contributed by atoms with Gasteiger partial charge in [-0.2, -0.15) is 0 Å². The van der Waals surface area contributed by atoms with Crippen LogP contribution in [0.2, 0.25) is 5.02 Å². The summed E-state index contributed by atoms with van der Waals surface area (Å²) in [5.41, 5.74) is -1.46. The maximum Gasteiger partial charge on any atom is 0.409 e. The van der Waals surface area contributed by atoms with Crippen LogP contribution in [0.15, 0.2) is 48.1 Å². The van der Waals surface area contributed by atoms with E-state index < -0.39 is 144 Å². The van der Waals surface area contributed by atoms with Gasteiger partial charge in [-0.05, 0) is 64.2 Å². The predicted octanol–water partition coefficient (Wildman–Crippen LogP) is 0.126. The van der Waals surface area contributed by atoms with Gasteiger partial charge in [-0.1, -0.05) is 48.7 Å². The third-order valence-electron chi connectivity index (χ3n) is 23.1. The summed E-state index contributed by atoms with van der Waals surface area (Å²) >= 11 is 7.80. The third-order valence-corrected chi connectivity index (χ3v) is 24.7. The highest BCUT2D eigenvalue weighted by Gasteiger charge is 2.65. The summed E-state index contributed by atoms with van der Waals surface area (Å²) in [5.74, 6) is -8.74. The number of carboxylic acids is 1. The number of rotatable bonds is 67. The number of thioether (sulfide) groups is 1. The number of epoxide rings is 1. The number of methoxy groups -OCH3 is 2. The molecule has 1 aromatic carbocycles. The number of nitrogens with zero attached hydrogens (tertiary/aromatic N) is 5. The Labute approximate surface area is 812 Å². The zero-order valence-electron chi connectivity index (χ0n) is 80.1. The molecule has 4 fully saturated rings. The fourth-order valence-corrected chi connectivity index (χ4v) is 16.6. The van der Waals surface area contributed by atoms with E-state index in [1.807, 2.05) is 13.0 Å². The quantitative estimate of drug-likeness (QED) is 0.0186. The summed E-state index contributed by atoms with van der Waals surface area (Å²) in [6.45, 7) is 13.3. The molecule has 47 heteroatoms. The molecule has 4 bridgehead atoms. The number of esters is 1. The van der Waals surface area contributed by atoms with Gasteiger partial charge in [0.2, 0.25) is 53.2 Å². The second-order valence-electron chi connectivity index (χ2n) is 33.3. The van der Waals surface area contributed by atoms with E-state index in [1.165, 1.54) is 57.2 Å². The number of anilines is 1. The maximum atomic E-state index is 14.5. The van der Waals surface area contributed by atoms with E-state index in [-0.39, 0.29) is 216 Å². The van der Waals surface area contributed by atoms with Crippen LogP contribution in [0.3, 0.4) is 0 Å². The number of likely N-dealkylation sites (tertiary alicyclic amines) is 2. The van der Waals surface area contributed by atoms with E-state index in [4.69, 9.17) is 102 Å². The highest BCUT2D eigenvalue weighted by atomic mass is 35.5. The number of ether oxygens (including phenoxy) is 18. The number of carbonyl (C=O) groups is 14. The van der Waals surface area contributed by atoms with E-state index in [9.17, 15) is 77.3 Å². The molecule has 0 spiro atoms. The number of halogens is 1. The van der Waals surface area contributed by atoms with Crippen molar-refractivity contribution < 1.29 is 168 Å². The summed E-state index contributed by atoms with van der Waals surface area (Å²) < 4.78 is 101. The molecule has 4 unspecified atom stereocenters. The summed E-state index contributed by atoms with van der Waals surface area (Å²) in [7, 11) is 5.68. The second-order valence-corrected chi connectivity index (χ2v) is 35.0. The van der Waals surface area contributed by atoms with Crippen LogP contribution in [0.25, 0.3) is 0 Å². The lowest BCUT2D eigenvalue weighted by molar-refractivity contribution is -0.162. The van der Waals surface area contributed by atoms with Crippen LogP contribution >= 0.6 is 23.4 Å². The lowest BCUT2D eigenvalue weighted by Gasteiger charge is -2.42. The standard InChI is InChI=1S/C91H139ClN10O35S/c1-61-13-12-14-72(121-8)91(119)57-70(135-89(118)97-91)62(2)84-90(4,137-84)73(56-81(111)99(6)67-52-64(51-61)53-69(120-7)83(67)92)136-88(117)63(3)98(5)77(107)20-50-138-71-55-82(112)102(86(71)114)60-76(106)96-66(87(115)116)58-94-74(104)18-24-122-28-32-126-36-40-130-44-45-131-41-37-127-33-29-123-25-19-75(105)95-65-54-68(101(59-65)78(108)15-10-9-11-22-100-79(109)16-17-80(100)110)85(113)93-21-26-124-30-34-128-38-42-132-46-48-134-49-47-133-43-39-129-35-31-125-27-23-103/h12-14,16-17,52-53,62-63,65-66,68,70-73,84,103,119H,9-11,15,18-51,54-60H2,1-8H3,(H,93,113)(H,94,104)(H,95,105)(H,96,106)(H,97,118)(H,115,116)/b14-12+,61-13+/t62-,63+,65?,66?,68?,70+,71?,72-,73+,84+,90+,91+/m1/s1. The van der Waals surface area contributed by atoms with Gasteiger partial charge in [0.25, 0.3) is 11.8 Å². The van der Waals surface area contributed by atoms with Crippen molar-refractivity contribution in [2.75, 3.05) is 250 Å². The summed E-state index contributed by atoms with van der Waals surface area (Å²) in [6.07, 6.45) is 3.37. The minimum atomic E-state index is -1.94. The molecule has 6 heterocycles. The molecule has 0 aromatic heterocycles. The minimum Gasteiger partial charge on any atom is -0.495 e. The number of hydrogen-bond acceptors (Lipinski definition) is 35. The van der Waals surface area contributed by atoms with E-state index in [2.05, 4.69) is 26.6 Å². The van der Waals surface area contributed by atoms with Gasteiger partial charge in [0.05, 0.1) is 209 Å². The van der Waals surface area contributed by atoms with Gasteiger partial charge in [0.1, 0.15) is 59.4 Å². The van der Waals surface area contributed by atoms with Gasteiger partial charge in [0, 0.05) is 116 Å². The van der Waals surface area contributed by atoms with Crippen LogP contribution in [0.4, 0.5) is 10.5 Å². The number of imide groups is 2. The Morgan fingerprint density at radius 2 is 1.22 bits per heavy atom. The summed E-state index contributed by atoms with van der Waals surface area (Å²) in [4.78, 5) is 190. The van der Waals surface area contributed by atoms with E-state index in [1.54, 1.807) is 38.1 Å². The van der Waals surface area contributed by atoms with Gasteiger partial charge in [-0.15, -0.1) is 11.8 Å². The molecule has 776 valence electrons. The van der Waals surface area contributed by atoms with Crippen molar-refractivity contribution in [3.8, 4) is 5.75 Å². The van der Waals surface area contributed by atoms with Gasteiger partial charge >= 0.3 is 18.0 Å². The molecular weight excluding hydrogens is 1860 g/mol. The first-order chi connectivity index (χ1) is 66.3. The fourth-order valence-electron chi connectivity index (χ4n) is 15.2. The van der Waals surface area contributed by atoms with E-state index >= 15 is 0 Å². The molecule has 45 nitrogen and oxygen atoms in total. The lowest BCUT2D eigenvalue weighted by atomic mass is 9.83. The predicted molar refractivity (Wildman–Crippen MR) is 492 cm³/mol. The number of allylic oxidation sites excluding steroid dienone is 3. The molecule has 1 aromatic rings. The second kappa shape index (κ2) is 63.0. The summed E-state index contributed by atoms with van der Waals surface area (Å²) in [6, 6.07) is -0.790. The first kappa shape index (κ1) is 116. The summed E-state index contributed by atoms with van der Waals surface area (Å²) in [5, 5.41) is 42.5. The first-order valence-electron chi connectivity index (χ1n) is 46.4. The molecule has 8 N–H and O–H groups in total. The highest BCUT2D eigenvalue weighted by Crippen LogP contribution is 2.49. The number of unbranched alkanes of at least 4 members (excludes halogenated alkanes) is 2. The van der Waals surface area contributed by atoms with Gasteiger partial charge < -0.3 is 137 Å². The number of amides is 12. The Morgan fingerprint density at radius 3 is 1.76 bits per heavy atom. The van der Waals surface area contributed by atoms with Crippen LogP contribution in [-0.4, -0.2) is 428 Å². The van der Waals surface area contributed by atoms with Crippen molar-refractivity contribution >= 4 is 112 Å². The number of benzene rings is 1. The molecule has 0 saturated carbocycles. The third kappa shape index (κ3) is 40.2. The molecule has 0 radical (unpaired) electrons. The van der Waals surface area contributed by atoms with Crippen molar-refractivity contribution in [1.29, 1.82) is 0 Å². The van der Waals surface area contributed by atoms with Crippen LogP contribution in [-0.2, 0) is 149 Å². The van der Waals surface area contributed by atoms with Crippen molar-refractivity contribution in [3.63, 3.8) is 0 Å². The molecule has 0 aliphatic carbocycles. The maximum absolute atomic E-state index is 14.5. The number of alkyl carbamates (subject to hydrolysis) is 1. The normalized spacial score (nSPS) is 22.6. The number of aliphatic hydroxyl groups excluding tert-OH is 1. The van der Waals surface area contributed by atoms with Crippen molar-refractivity contribution in [2.24, 2.45) is 5.92 Å². The number of carbonyl (C=O) groups excluding carboxylic acids is 13. The average Bonchev–Trinajstić information content (AvgIpc) is 1.57. The lowest BCUT2D eigenvalue weighted by Crippen LogP contribution is -2.63. The number of fused-ring (bicyclic) bond motifs is 5. The van der Waals surface area contributed by atoms with Gasteiger partial charge in [-0.25, -0.2) is 14.4 Å². The fraction of sp³-hybridized carbons (Fsp3) is 0.714. The average molecular weight is 2000 g/mol. The van der Waals surface area contributed by atoms with Gasteiger partial charge in [0.15, 0.2) is 5.72 Å². The number of nitrogens with one attached hydrogen (secondary N) is 5. The van der Waals surface area contributed by atoms with Crippen LogP contribution in [0.5, 0.6) is 5.75 Å². The molecule has 12 atom stereocenters. The van der Waals surface area contributed by atoms with Crippen LogP contribution < -0.4 is 36.2 Å². The Kier molecular flexibility index (Phi) is 52.9. The minimum absolute atomic E-state index is 0.0206. The number of likely N-dealkylation sites (N-methyl/N-ethyl adjacent to an activating group) is 1. The topological polar surface area (TPSA) is 545 Å². The van der Waals surface area contributed by atoms with Crippen LogP contribution in [0, 0.1) is 5.92 Å². The largest absolute Gasteiger partial charge is 0.495 e. The van der Waals surface area contributed by atoms with Crippen LogP contribution in [0.1, 0.15) is 104 Å². The highest BCUT2D eigenvalue weighted by molar-refractivity contribution is 8.00. The Bertz CT molecular complexity index is 4160. The number of aliphatic carboxylic acids is 1. The molecule has 6 aliphatic rings. The molecule has 12 amide bonds. The molecule has 7 rings (SSSR count). The number of aliphatic hydroxyl groups is 2.